The van der Waals surface area contributed by atoms with Gasteiger partial charge in [0.2, 0.25) is 0 Å². The molecule has 0 saturated carbocycles. The number of likely N-dealkylation sites (tertiary alicyclic amines) is 1. The van der Waals surface area contributed by atoms with Crippen molar-refractivity contribution in [3.8, 4) is 0 Å². The summed E-state index contributed by atoms with van der Waals surface area (Å²) in [5.41, 5.74) is 0. The Balaban J connectivity index is 1.46. The van der Waals surface area contributed by atoms with Crippen LogP contribution in [0.4, 0.5) is 4.79 Å². The first-order chi connectivity index (χ1) is 11.2. The number of carbonyl (C=O) groups excluding carboxylic acids is 1. The Kier molecular flexibility index (Phi) is 4.87. The van der Waals surface area contributed by atoms with Crippen molar-refractivity contribution < 1.29 is 9.21 Å². The van der Waals surface area contributed by atoms with Gasteiger partial charge in [0.15, 0.2) is 0 Å². The highest BCUT2D eigenvalue weighted by atomic mass is 16.3. The van der Waals surface area contributed by atoms with E-state index in [1.165, 1.54) is 0 Å². The molecular weight excluding hydrogens is 294 g/mol. The van der Waals surface area contributed by atoms with Crippen LogP contribution in [0.3, 0.4) is 0 Å². The summed E-state index contributed by atoms with van der Waals surface area (Å²) in [7, 11) is 2.05. The second kappa shape index (κ2) is 7.23. The minimum Gasteiger partial charge on any atom is -0.467 e. The SMILES string of the molecule is CN(Cc1ncccn1)C1CCN(C(=O)NCc2ccco2)C1. The van der Waals surface area contributed by atoms with Gasteiger partial charge in [-0.15, -0.1) is 0 Å². The maximum Gasteiger partial charge on any atom is 0.317 e. The van der Waals surface area contributed by atoms with E-state index in [4.69, 9.17) is 4.42 Å². The third-order valence-corrected chi connectivity index (χ3v) is 4.08. The Hall–Kier alpha value is -2.41. The van der Waals surface area contributed by atoms with E-state index in [-0.39, 0.29) is 6.03 Å². The maximum absolute atomic E-state index is 12.2. The quantitative estimate of drug-likeness (QED) is 0.905. The summed E-state index contributed by atoms with van der Waals surface area (Å²) in [4.78, 5) is 24.7. The lowest BCUT2D eigenvalue weighted by Gasteiger charge is -2.24. The van der Waals surface area contributed by atoms with Crippen molar-refractivity contribution in [3.05, 3.63) is 48.4 Å². The Morgan fingerprint density at radius 3 is 3.00 bits per heavy atom. The van der Waals surface area contributed by atoms with Crippen LogP contribution in [0, 0.1) is 0 Å². The molecule has 1 saturated heterocycles. The minimum absolute atomic E-state index is 0.0479. The summed E-state index contributed by atoms with van der Waals surface area (Å²) in [5.74, 6) is 1.56. The lowest BCUT2D eigenvalue weighted by Crippen LogP contribution is -2.41. The molecule has 0 aliphatic carbocycles. The van der Waals surface area contributed by atoms with E-state index >= 15 is 0 Å². The van der Waals surface area contributed by atoms with Crippen molar-refractivity contribution in [2.75, 3.05) is 20.1 Å². The molecule has 0 radical (unpaired) electrons. The first-order valence-electron chi connectivity index (χ1n) is 7.73. The van der Waals surface area contributed by atoms with Crippen LogP contribution in [0.1, 0.15) is 18.0 Å². The summed E-state index contributed by atoms with van der Waals surface area (Å²) >= 11 is 0. The Bertz CT molecular complexity index is 617. The number of carbonyl (C=O) groups is 1. The normalized spacial score (nSPS) is 17.7. The third kappa shape index (κ3) is 4.07. The van der Waals surface area contributed by atoms with E-state index < -0.39 is 0 Å². The van der Waals surface area contributed by atoms with E-state index in [9.17, 15) is 4.79 Å². The minimum atomic E-state index is -0.0479. The molecule has 1 unspecified atom stereocenters. The number of nitrogens with one attached hydrogen (secondary N) is 1. The zero-order valence-corrected chi connectivity index (χ0v) is 13.2. The van der Waals surface area contributed by atoms with E-state index in [2.05, 4.69) is 20.2 Å². The number of urea groups is 1. The van der Waals surface area contributed by atoms with Gasteiger partial charge in [-0.2, -0.15) is 0 Å². The number of likely N-dealkylation sites (N-methyl/N-ethyl adjacent to an activating group) is 1. The molecule has 7 nitrogen and oxygen atoms in total. The van der Waals surface area contributed by atoms with Gasteiger partial charge in [0.05, 0.1) is 19.4 Å². The number of nitrogens with zero attached hydrogens (tertiary/aromatic N) is 4. The van der Waals surface area contributed by atoms with Crippen molar-refractivity contribution in [2.45, 2.75) is 25.6 Å². The van der Waals surface area contributed by atoms with Gasteiger partial charge in [-0.05, 0) is 31.7 Å². The molecule has 2 amide bonds. The molecule has 122 valence electrons. The highest BCUT2D eigenvalue weighted by Crippen LogP contribution is 2.16. The van der Waals surface area contributed by atoms with Crippen LogP contribution in [0.15, 0.2) is 41.3 Å². The van der Waals surface area contributed by atoms with Gasteiger partial charge in [0.25, 0.3) is 0 Å². The lowest BCUT2D eigenvalue weighted by atomic mass is 10.2. The molecular formula is C16H21N5O2. The van der Waals surface area contributed by atoms with Gasteiger partial charge < -0.3 is 14.6 Å². The topological polar surface area (TPSA) is 74.5 Å². The second-order valence-corrected chi connectivity index (χ2v) is 5.71. The van der Waals surface area contributed by atoms with Gasteiger partial charge in [-0.3, -0.25) is 4.90 Å². The first kappa shape index (κ1) is 15.5. The van der Waals surface area contributed by atoms with Crippen LogP contribution in [-0.4, -0.2) is 52.0 Å². The second-order valence-electron chi connectivity index (χ2n) is 5.71. The van der Waals surface area contributed by atoms with E-state index in [1.807, 2.05) is 30.1 Å². The lowest BCUT2D eigenvalue weighted by molar-refractivity contribution is 0.195. The van der Waals surface area contributed by atoms with E-state index in [0.717, 1.165) is 24.6 Å². The molecule has 1 atom stereocenters. The van der Waals surface area contributed by atoms with Gasteiger partial charge in [0, 0.05) is 31.5 Å². The number of aromatic nitrogens is 2. The Morgan fingerprint density at radius 1 is 1.43 bits per heavy atom. The molecule has 2 aromatic rings. The number of amides is 2. The van der Waals surface area contributed by atoms with Gasteiger partial charge >= 0.3 is 6.03 Å². The highest BCUT2D eigenvalue weighted by molar-refractivity contribution is 5.74. The highest BCUT2D eigenvalue weighted by Gasteiger charge is 2.29. The van der Waals surface area contributed by atoms with Crippen molar-refractivity contribution in [2.24, 2.45) is 0 Å². The molecule has 23 heavy (non-hydrogen) atoms. The number of furan rings is 1. The number of hydrogen-bond acceptors (Lipinski definition) is 5. The zero-order valence-electron chi connectivity index (χ0n) is 13.2. The number of hydrogen-bond donors (Lipinski definition) is 1. The predicted octanol–water partition coefficient (Wildman–Crippen LogP) is 1.49. The van der Waals surface area contributed by atoms with Crippen LogP contribution in [0.5, 0.6) is 0 Å². The molecule has 3 rings (SSSR count). The molecule has 0 bridgehead atoms. The third-order valence-electron chi connectivity index (χ3n) is 4.08. The molecule has 1 fully saturated rings. The Morgan fingerprint density at radius 2 is 2.26 bits per heavy atom. The summed E-state index contributed by atoms with van der Waals surface area (Å²) < 4.78 is 5.22. The molecule has 1 N–H and O–H groups in total. The fourth-order valence-corrected chi connectivity index (χ4v) is 2.74. The molecule has 7 heteroatoms. The van der Waals surface area contributed by atoms with Gasteiger partial charge in [-0.1, -0.05) is 0 Å². The molecule has 1 aliphatic rings. The van der Waals surface area contributed by atoms with E-state index in [0.29, 0.717) is 25.7 Å². The summed E-state index contributed by atoms with van der Waals surface area (Å²) in [6.07, 6.45) is 6.06. The van der Waals surface area contributed by atoms with Crippen LogP contribution >= 0.6 is 0 Å². The fraction of sp³-hybridized carbons (Fsp3) is 0.438. The summed E-state index contributed by atoms with van der Waals surface area (Å²) in [5, 5.41) is 2.89. The molecule has 1 aliphatic heterocycles. The van der Waals surface area contributed by atoms with E-state index in [1.54, 1.807) is 18.7 Å². The smallest absolute Gasteiger partial charge is 0.317 e. The van der Waals surface area contributed by atoms with Crippen molar-refractivity contribution in [1.82, 2.24) is 25.1 Å². The largest absolute Gasteiger partial charge is 0.467 e. The molecule has 2 aromatic heterocycles. The van der Waals surface area contributed by atoms with Crippen molar-refractivity contribution in [1.29, 1.82) is 0 Å². The van der Waals surface area contributed by atoms with Crippen LogP contribution in [-0.2, 0) is 13.1 Å². The molecule has 0 spiro atoms. The molecule has 3 heterocycles. The maximum atomic E-state index is 12.2. The zero-order chi connectivity index (χ0) is 16.1. The number of rotatable bonds is 5. The standard InChI is InChI=1S/C16H21N5O2/c1-20(12-15-17-6-3-7-18-15)13-5-8-21(11-13)16(22)19-10-14-4-2-9-23-14/h2-4,6-7,9,13H,5,8,10-12H2,1H3,(H,19,22). The fourth-order valence-electron chi connectivity index (χ4n) is 2.74. The predicted molar refractivity (Wildman–Crippen MR) is 84.4 cm³/mol. The average molecular weight is 315 g/mol. The van der Waals surface area contributed by atoms with Crippen LogP contribution in [0.25, 0.3) is 0 Å². The van der Waals surface area contributed by atoms with Crippen LogP contribution < -0.4 is 5.32 Å². The summed E-state index contributed by atoms with van der Waals surface area (Å²) in [6, 6.07) is 5.75. The van der Waals surface area contributed by atoms with Gasteiger partial charge in [0.1, 0.15) is 11.6 Å². The molecule has 0 aromatic carbocycles. The van der Waals surface area contributed by atoms with Crippen molar-refractivity contribution >= 4 is 6.03 Å². The monoisotopic (exact) mass is 315 g/mol. The summed E-state index contributed by atoms with van der Waals surface area (Å²) in [6.45, 7) is 2.58. The van der Waals surface area contributed by atoms with Gasteiger partial charge in [-0.25, -0.2) is 14.8 Å². The van der Waals surface area contributed by atoms with Crippen molar-refractivity contribution in [3.63, 3.8) is 0 Å². The Labute approximate surface area is 135 Å². The van der Waals surface area contributed by atoms with Crippen LogP contribution in [0.2, 0.25) is 0 Å². The average Bonchev–Trinajstić information content (AvgIpc) is 3.25. The first-order valence-corrected chi connectivity index (χ1v) is 7.73.